The Morgan fingerprint density at radius 3 is 0.927 bits per heavy atom. The highest BCUT2D eigenvalue weighted by Gasteiger charge is 2.27. The van der Waals surface area contributed by atoms with Gasteiger partial charge in [-0.2, -0.15) is 0 Å². The van der Waals surface area contributed by atoms with Gasteiger partial charge in [0.2, 0.25) is 0 Å². The Kier molecular flexibility index (Phi) is 16.2. The topological polar surface area (TPSA) is 168 Å². The normalized spacial score (nSPS) is 11.5. The van der Waals surface area contributed by atoms with Crippen LogP contribution < -0.4 is 0 Å². The average molecular weight is 1410 g/mol. The van der Waals surface area contributed by atoms with Gasteiger partial charge in [0.1, 0.15) is 22.3 Å². The summed E-state index contributed by atoms with van der Waals surface area (Å²) in [4.78, 5) is 57.5. The zero-order chi connectivity index (χ0) is 72.9. The number of nitrogens with zero attached hydrogens (tertiary/aromatic N) is 11. The first-order valence-corrected chi connectivity index (χ1v) is 36.3. The van der Waals surface area contributed by atoms with Crippen LogP contribution in [0, 0.1) is 0 Å². The molecular weight excluding hydrogens is 1350 g/mol. The Labute approximate surface area is 631 Å². The van der Waals surface area contributed by atoms with Crippen LogP contribution in [0.25, 0.3) is 214 Å². The van der Waals surface area contributed by atoms with Gasteiger partial charge in [0.15, 0.2) is 58.2 Å². The van der Waals surface area contributed by atoms with Gasteiger partial charge in [-0.25, -0.2) is 54.8 Å². The van der Waals surface area contributed by atoms with Crippen LogP contribution in [0.2, 0.25) is 0 Å². The molecule has 13 heteroatoms. The molecule has 6 heterocycles. The third kappa shape index (κ3) is 12.1. The number of aromatic nitrogens is 11. The largest absolute Gasteiger partial charge is 0.455 e. The van der Waals surface area contributed by atoms with Crippen LogP contribution >= 0.6 is 0 Å². The van der Waals surface area contributed by atoms with Crippen molar-refractivity contribution in [2.75, 3.05) is 0 Å². The number of fused-ring (bicyclic) bond motifs is 6. The minimum absolute atomic E-state index is 0.443. The first-order chi connectivity index (χ1) is 54.5. The molecule has 0 atom stereocenters. The summed E-state index contributed by atoms with van der Waals surface area (Å²) in [6.45, 7) is 0. The molecule has 0 bridgehead atoms. The van der Waals surface area contributed by atoms with Crippen LogP contribution in [-0.2, 0) is 0 Å². The molecule has 514 valence electrons. The summed E-state index contributed by atoms with van der Waals surface area (Å²) >= 11 is 0. The summed E-state index contributed by atoms with van der Waals surface area (Å²) in [6.07, 6.45) is 0. The first kappa shape index (κ1) is 64.4. The lowest BCUT2D eigenvalue weighted by Crippen LogP contribution is -2.02. The summed E-state index contributed by atoms with van der Waals surface area (Å²) in [6, 6.07) is 121. The zero-order valence-corrected chi connectivity index (χ0v) is 58.8. The van der Waals surface area contributed by atoms with Gasteiger partial charge in [-0.3, -0.25) is 0 Å². The minimum Gasteiger partial charge on any atom is -0.455 e. The van der Waals surface area contributed by atoms with Crippen molar-refractivity contribution >= 4 is 43.9 Å². The molecule has 0 fully saturated rings. The van der Waals surface area contributed by atoms with E-state index in [-0.39, 0.29) is 0 Å². The van der Waals surface area contributed by atoms with Crippen LogP contribution in [0.4, 0.5) is 0 Å². The molecule has 6 aromatic heterocycles. The molecule has 0 radical (unpaired) electrons. The first-order valence-electron chi connectivity index (χ1n) is 36.3. The lowest BCUT2D eigenvalue weighted by Gasteiger charge is -2.14. The van der Waals surface area contributed by atoms with Gasteiger partial charge in [-0.1, -0.05) is 315 Å². The molecule has 0 aliphatic carbocycles. The highest BCUT2D eigenvalue weighted by atomic mass is 16.3. The van der Waals surface area contributed by atoms with Crippen LogP contribution in [-0.4, -0.2) is 54.8 Å². The van der Waals surface area contributed by atoms with Gasteiger partial charge in [-0.15, -0.1) is 0 Å². The van der Waals surface area contributed by atoms with E-state index in [2.05, 4.69) is 115 Å². The quantitative estimate of drug-likeness (QED) is 0.0952. The van der Waals surface area contributed by atoms with Crippen molar-refractivity contribution < 1.29 is 8.83 Å². The van der Waals surface area contributed by atoms with Crippen LogP contribution in [0.15, 0.2) is 367 Å². The van der Waals surface area contributed by atoms with E-state index in [9.17, 15) is 0 Å². The summed E-state index contributed by atoms with van der Waals surface area (Å²) in [5.41, 5.74) is 19.8. The molecule has 0 saturated carbocycles. The maximum Gasteiger partial charge on any atom is 0.168 e. The van der Waals surface area contributed by atoms with Gasteiger partial charge in [0, 0.05) is 77.2 Å². The second kappa shape index (κ2) is 27.7. The number of hydrogen-bond acceptors (Lipinski definition) is 13. The fourth-order valence-corrected chi connectivity index (χ4v) is 14.6. The zero-order valence-electron chi connectivity index (χ0n) is 58.8. The van der Waals surface area contributed by atoms with Gasteiger partial charge >= 0.3 is 0 Å². The molecule has 13 nitrogen and oxygen atoms in total. The number of benzene rings is 14. The molecule has 0 N–H and O–H groups in total. The molecule has 14 aromatic carbocycles. The highest BCUT2D eigenvalue weighted by molar-refractivity contribution is 6.14. The van der Waals surface area contributed by atoms with Crippen molar-refractivity contribution in [1.82, 2.24) is 54.8 Å². The molecular formula is C97H59N11O2. The summed E-state index contributed by atoms with van der Waals surface area (Å²) < 4.78 is 14.2. The van der Waals surface area contributed by atoms with E-state index in [1.807, 2.05) is 243 Å². The number of rotatable bonds is 15. The molecule has 0 spiro atoms. The Morgan fingerprint density at radius 1 is 0.155 bits per heavy atom. The molecule has 110 heavy (non-hydrogen) atoms. The van der Waals surface area contributed by atoms with Crippen LogP contribution in [0.5, 0.6) is 0 Å². The molecule has 0 aliphatic rings. The average Bonchev–Trinajstić information content (AvgIpc) is 1.53. The summed E-state index contributed by atoms with van der Waals surface area (Å²) in [5, 5.41) is 3.77. The number of para-hydroxylation sites is 1. The van der Waals surface area contributed by atoms with Crippen molar-refractivity contribution in [3.63, 3.8) is 0 Å². The van der Waals surface area contributed by atoms with Gasteiger partial charge < -0.3 is 8.83 Å². The molecule has 0 aliphatic heterocycles. The second-order valence-electron chi connectivity index (χ2n) is 26.8. The third-order valence-corrected chi connectivity index (χ3v) is 19.9. The smallest absolute Gasteiger partial charge is 0.168 e. The van der Waals surface area contributed by atoms with Crippen molar-refractivity contribution in [3.05, 3.63) is 358 Å². The Balaban J connectivity index is 0.719. The monoisotopic (exact) mass is 1410 g/mol. The Bertz CT molecular complexity index is 6700. The lowest BCUT2D eigenvalue weighted by atomic mass is 9.93. The van der Waals surface area contributed by atoms with E-state index >= 15 is 0 Å². The highest BCUT2D eigenvalue weighted by Crippen LogP contribution is 2.47. The van der Waals surface area contributed by atoms with E-state index in [0.29, 0.717) is 80.6 Å². The predicted octanol–water partition coefficient (Wildman–Crippen LogP) is 23.8. The fourth-order valence-electron chi connectivity index (χ4n) is 14.6. The Morgan fingerprint density at radius 2 is 0.464 bits per heavy atom. The number of hydrogen-bond donors (Lipinski definition) is 0. The van der Waals surface area contributed by atoms with Gasteiger partial charge in [-0.05, 0) is 75.8 Å². The SMILES string of the molecule is c1ccc(-c2nc(-c3ccc(-c4ccc5c(oc6ccccc65)c4-c4nc(-c5ccccc5)nc(-c5ccccc5)n4)cc3)cc(-c3ccccc3-c3ccc4c(c3)oc3c(-c5nc(-c6ccccc6)nc(-c6ccccc6)n5)c(-c5cccc(-c6nc(-c7ccccc7)nc(-c7ccccc7)n6)c5)ccc34)n2)cc1. The lowest BCUT2D eigenvalue weighted by molar-refractivity contribution is 0.669. The van der Waals surface area contributed by atoms with Crippen molar-refractivity contribution in [1.29, 1.82) is 0 Å². The maximum atomic E-state index is 7.38. The van der Waals surface area contributed by atoms with E-state index < -0.39 is 0 Å². The van der Waals surface area contributed by atoms with Gasteiger partial charge in [0.05, 0.1) is 22.5 Å². The molecule has 0 saturated heterocycles. The van der Waals surface area contributed by atoms with Crippen LogP contribution in [0.3, 0.4) is 0 Å². The standard InChI is InChI=1S/C97H59N11O2/c1-8-27-62(28-9-1)88-98-80(61-49-47-60(48-50-61)73-53-55-78-76-45-24-25-46-82(76)109-86(78)84(73)96-105-91(65-33-14-4-15-34-65)101-92(106-96)66-35-16-5-17-36-66)59-81(99-88)75-44-23-22-43-72(75)70-51-52-77-79-56-54-74(69-41-26-42-71(57-69)95-103-89(63-29-10-2-11-30-63)100-90(104-95)64-31-12-3-13-32-64)85(87(79)110-83(77)58-70)97-107-93(67-37-18-6-19-38-67)102-94(108-97)68-39-20-7-21-40-68/h1-59H. The van der Waals surface area contributed by atoms with E-state index in [0.717, 1.165) is 133 Å². The maximum absolute atomic E-state index is 7.38. The molecule has 20 rings (SSSR count). The van der Waals surface area contributed by atoms with Gasteiger partial charge in [0.25, 0.3) is 0 Å². The van der Waals surface area contributed by atoms with Crippen LogP contribution in [0.1, 0.15) is 0 Å². The van der Waals surface area contributed by atoms with Crippen molar-refractivity contribution in [2.45, 2.75) is 0 Å². The van der Waals surface area contributed by atoms with E-state index in [1.165, 1.54) is 0 Å². The van der Waals surface area contributed by atoms with E-state index in [4.69, 9.17) is 63.7 Å². The third-order valence-electron chi connectivity index (χ3n) is 19.9. The number of furan rings is 2. The second-order valence-corrected chi connectivity index (χ2v) is 26.8. The predicted molar refractivity (Wildman–Crippen MR) is 438 cm³/mol. The summed E-state index contributed by atoms with van der Waals surface area (Å²) in [5.74, 6) is 5.34. The van der Waals surface area contributed by atoms with Crippen molar-refractivity contribution in [3.8, 4) is 170 Å². The molecule has 0 unspecified atom stereocenters. The van der Waals surface area contributed by atoms with E-state index in [1.54, 1.807) is 0 Å². The summed E-state index contributed by atoms with van der Waals surface area (Å²) in [7, 11) is 0. The molecule has 20 aromatic rings. The Hall–Kier alpha value is -15.2. The van der Waals surface area contributed by atoms with Crippen molar-refractivity contribution in [2.24, 2.45) is 0 Å². The molecule has 0 amide bonds. The fraction of sp³-hybridized carbons (Fsp3) is 0. The minimum atomic E-state index is 0.443.